The van der Waals surface area contributed by atoms with Gasteiger partial charge in [0.05, 0.1) is 10.7 Å². The Morgan fingerprint density at radius 2 is 1.78 bits per heavy atom. The maximum atomic E-state index is 12.6. The van der Waals surface area contributed by atoms with Crippen LogP contribution in [-0.2, 0) is 9.59 Å². The van der Waals surface area contributed by atoms with Crippen LogP contribution in [0.4, 0.5) is 11.4 Å². The van der Waals surface area contributed by atoms with Crippen molar-refractivity contribution in [2.45, 2.75) is 20.8 Å². The quantitative estimate of drug-likeness (QED) is 0.195. The Bertz CT molecular complexity index is 1380. The highest BCUT2D eigenvalue weighted by Gasteiger charge is 2.16. The number of aryl methyl sites for hydroxylation is 3. The van der Waals surface area contributed by atoms with Crippen molar-refractivity contribution in [3.8, 4) is 17.6 Å². The molecule has 0 atom stereocenters. The zero-order valence-corrected chi connectivity index (χ0v) is 22.6. The third-order valence-electron chi connectivity index (χ3n) is 5.22. The van der Waals surface area contributed by atoms with E-state index in [1.54, 1.807) is 18.2 Å². The number of nitriles is 1. The minimum Gasteiger partial charge on any atom is -0.493 e. The number of halogens is 1. The molecular weight excluding hydrogens is 569 g/mol. The van der Waals surface area contributed by atoms with Gasteiger partial charge < -0.3 is 20.1 Å². The number of nitrogens with zero attached hydrogens (tertiary/aromatic N) is 1. The van der Waals surface area contributed by atoms with Crippen LogP contribution in [0.1, 0.15) is 22.3 Å². The molecule has 8 heteroatoms. The normalized spacial score (nSPS) is 10.8. The van der Waals surface area contributed by atoms with Crippen molar-refractivity contribution in [1.29, 1.82) is 5.26 Å². The molecule has 7 nitrogen and oxygen atoms in total. The molecule has 0 radical (unpaired) electrons. The molecule has 3 rings (SSSR count). The molecule has 0 aliphatic rings. The molecule has 2 N–H and O–H groups in total. The predicted octanol–water partition coefficient (Wildman–Crippen LogP) is 5.79. The molecule has 3 aromatic rings. The van der Waals surface area contributed by atoms with Crippen molar-refractivity contribution >= 4 is 51.9 Å². The Hall–Kier alpha value is -3.84. The van der Waals surface area contributed by atoms with Crippen LogP contribution < -0.4 is 20.1 Å². The summed E-state index contributed by atoms with van der Waals surface area (Å²) in [4.78, 5) is 25.1. The van der Waals surface area contributed by atoms with Gasteiger partial charge in [0.15, 0.2) is 18.1 Å². The van der Waals surface area contributed by atoms with Gasteiger partial charge in [0.2, 0.25) is 0 Å². The lowest BCUT2D eigenvalue weighted by Gasteiger charge is -2.14. The van der Waals surface area contributed by atoms with Crippen LogP contribution >= 0.6 is 22.6 Å². The van der Waals surface area contributed by atoms with Crippen molar-refractivity contribution in [1.82, 2.24) is 0 Å². The van der Waals surface area contributed by atoms with Gasteiger partial charge >= 0.3 is 0 Å². The molecule has 0 spiro atoms. The number of amides is 2. The largest absolute Gasteiger partial charge is 0.493 e. The molecule has 184 valence electrons. The maximum absolute atomic E-state index is 12.6. The number of carbonyl (C=O) groups is 2. The standard InChI is InChI=1S/C28H26IN3O4/c1-17-6-5-7-22(10-17)31-28(34)21(15-30)12-20-13-23(29)27(25(14-20)35-4)36-16-26(33)32-24-11-18(2)8-9-19(24)3/h5-14H,16H2,1-4H3,(H,31,34)(H,32,33)/b21-12+. The van der Waals surface area contributed by atoms with E-state index in [1.165, 1.54) is 13.2 Å². The fourth-order valence-electron chi connectivity index (χ4n) is 3.39. The fraction of sp³-hybridized carbons (Fsp3) is 0.179. The molecule has 0 saturated carbocycles. The first-order valence-corrected chi connectivity index (χ1v) is 12.1. The number of nitrogens with one attached hydrogen (secondary N) is 2. The van der Waals surface area contributed by atoms with E-state index in [2.05, 4.69) is 33.2 Å². The highest BCUT2D eigenvalue weighted by atomic mass is 127. The number of hydrogen-bond donors (Lipinski definition) is 2. The molecule has 36 heavy (non-hydrogen) atoms. The van der Waals surface area contributed by atoms with E-state index in [-0.39, 0.29) is 18.1 Å². The van der Waals surface area contributed by atoms with E-state index >= 15 is 0 Å². The van der Waals surface area contributed by atoms with Crippen LogP contribution in [0.25, 0.3) is 6.08 Å². The number of rotatable bonds is 8. The van der Waals surface area contributed by atoms with Gasteiger partial charge in [-0.05, 0) is 102 Å². The second-order valence-corrected chi connectivity index (χ2v) is 9.34. The molecule has 3 aromatic carbocycles. The number of methoxy groups -OCH3 is 1. The average Bonchev–Trinajstić information content (AvgIpc) is 2.83. The first-order chi connectivity index (χ1) is 17.2. The van der Waals surface area contributed by atoms with E-state index in [0.29, 0.717) is 26.3 Å². The lowest BCUT2D eigenvalue weighted by molar-refractivity contribution is -0.118. The smallest absolute Gasteiger partial charge is 0.266 e. The minimum absolute atomic E-state index is 0.0593. The Labute approximate surface area is 224 Å². The van der Waals surface area contributed by atoms with Gasteiger partial charge in [-0.2, -0.15) is 5.26 Å². The van der Waals surface area contributed by atoms with Crippen LogP contribution in [0.15, 0.2) is 60.2 Å². The highest BCUT2D eigenvalue weighted by molar-refractivity contribution is 14.1. The zero-order chi connectivity index (χ0) is 26.2. The van der Waals surface area contributed by atoms with Gasteiger partial charge in [-0.3, -0.25) is 9.59 Å². The number of carbonyl (C=O) groups excluding carboxylic acids is 2. The first-order valence-electron chi connectivity index (χ1n) is 11.1. The Morgan fingerprint density at radius 3 is 2.47 bits per heavy atom. The summed E-state index contributed by atoms with van der Waals surface area (Å²) in [5.41, 5.74) is 4.86. The summed E-state index contributed by atoms with van der Waals surface area (Å²) in [5, 5.41) is 15.2. The van der Waals surface area contributed by atoms with Crippen LogP contribution in [-0.4, -0.2) is 25.5 Å². The fourth-order valence-corrected chi connectivity index (χ4v) is 4.18. The molecule has 0 fully saturated rings. The summed E-state index contributed by atoms with van der Waals surface area (Å²) < 4.78 is 11.9. The maximum Gasteiger partial charge on any atom is 0.266 e. The van der Waals surface area contributed by atoms with Gasteiger partial charge in [0.25, 0.3) is 11.8 Å². The van der Waals surface area contributed by atoms with E-state index in [0.717, 1.165) is 22.4 Å². The summed E-state index contributed by atoms with van der Waals surface area (Å²) in [5.74, 6) is -0.0382. The lowest BCUT2D eigenvalue weighted by atomic mass is 10.1. The Morgan fingerprint density at radius 1 is 1.03 bits per heavy atom. The summed E-state index contributed by atoms with van der Waals surface area (Å²) >= 11 is 2.06. The number of ether oxygens (including phenoxy) is 2. The van der Waals surface area contributed by atoms with Crippen molar-refractivity contribution in [3.63, 3.8) is 0 Å². The van der Waals surface area contributed by atoms with Gasteiger partial charge in [-0.15, -0.1) is 0 Å². The Kier molecular flexibility index (Phi) is 9.08. The van der Waals surface area contributed by atoms with Crippen LogP contribution in [0.5, 0.6) is 11.5 Å². The van der Waals surface area contributed by atoms with Crippen molar-refractivity contribution in [3.05, 3.63) is 86.0 Å². The minimum atomic E-state index is -0.513. The van der Waals surface area contributed by atoms with Gasteiger partial charge in [0, 0.05) is 11.4 Å². The molecule has 0 bridgehead atoms. The third kappa shape index (κ3) is 7.09. The summed E-state index contributed by atoms with van der Waals surface area (Å²) in [7, 11) is 1.48. The molecule has 0 aliphatic heterocycles. The summed E-state index contributed by atoms with van der Waals surface area (Å²) in [6.07, 6.45) is 1.48. The van der Waals surface area contributed by atoms with Gasteiger partial charge in [0.1, 0.15) is 11.6 Å². The average molecular weight is 595 g/mol. The number of anilines is 2. The van der Waals surface area contributed by atoms with Crippen LogP contribution in [0, 0.1) is 35.7 Å². The number of hydrogen-bond acceptors (Lipinski definition) is 5. The predicted molar refractivity (Wildman–Crippen MR) is 149 cm³/mol. The summed E-state index contributed by atoms with van der Waals surface area (Å²) in [6, 6.07) is 18.5. The molecule has 2 amide bonds. The Balaban J connectivity index is 1.75. The number of benzene rings is 3. The van der Waals surface area contributed by atoms with Crippen molar-refractivity contribution in [2.75, 3.05) is 24.4 Å². The van der Waals surface area contributed by atoms with E-state index in [1.807, 2.05) is 63.2 Å². The third-order valence-corrected chi connectivity index (χ3v) is 6.02. The van der Waals surface area contributed by atoms with Gasteiger partial charge in [-0.1, -0.05) is 24.3 Å². The first kappa shape index (κ1) is 26.8. The van der Waals surface area contributed by atoms with Crippen LogP contribution in [0.2, 0.25) is 0 Å². The van der Waals surface area contributed by atoms with E-state index in [4.69, 9.17) is 9.47 Å². The molecule has 0 unspecified atom stereocenters. The molecule has 0 aromatic heterocycles. The topological polar surface area (TPSA) is 100 Å². The summed E-state index contributed by atoms with van der Waals surface area (Å²) in [6.45, 7) is 5.59. The molecule has 0 aliphatic carbocycles. The second kappa shape index (κ2) is 12.2. The molecular formula is C28H26IN3O4. The second-order valence-electron chi connectivity index (χ2n) is 8.18. The molecule has 0 saturated heterocycles. The lowest BCUT2D eigenvalue weighted by Crippen LogP contribution is -2.21. The highest BCUT2D eigenvalue weighted by Crippen LogP contribution is 2.34. The zero-order valence-electron chi connectivity index (χ0n) is 20.4. The molecule has 0 heterocycles. The van der Waals surface area contributed by atoms with Crippen LogP contribution in [0.3, 0.4) is 0 Å². The van der Waals surface area contributed by atoms with E-state index in [9.17, 15) is 14.9 Å². The van der Waals surface area contributed by atoms with Crippen molar-refractivity contribution < 1.29 is 19.1 Å². The monoisotopic (exact) mass is 595 g/mol. The SMILES string of the molecule is COc1cc(/C=C(\C#N)C(=O)Nc2cccc(C)c2)cc(I)c1OCC(=O)Nc1cc(C)ccc1C. The van der Waals surface area contributed by atoms with Gasteiger partial charge in [-0.25, -0.2) is 0 Å². The van der Waals surface area contributed by atoms with Crippen molar-refractivity contribution in [2.24, 2.45) is 0 Å². The van der Waals surface area contributed by atoms with E-state index < -0.39 is 5.91 Å².